The number of aryl methyl sites for hydroxylation is 2. The Kier molecular flexibility index (Phi) is 6.08. The van der Waals surface area contributed by atoms with E-state index in [1.54, 1.807) is 9.80 Å². The topological polar surface area (TPSA) is 90.4 Å². The molecule has 0 bridgehead atoms. The molecule has 1 spiro atoms. The molecule has 4 aliphatic rings. The molecule has 1 N–H and O–H groups in total. The number of para-hydroxylation sites is 1. The van der Waals surface area contributed by atoms with Crippen LogP contribution >= 0.6 is 0 Å². The van der Waals surface area contributed by atoms with Crippen molar-refractivity contribution in [1.82, 2.24) is 9.80 Å². The highest BCUT2D eigenvalue weighted by atomic mass is 16.5. The molecule has 1 unspecified atom stereocenters. The number of ether oxygens (including phenoxy) is 1. The third kappa shape index (κ3) is 3.38. The monoisotopic (exact) mass is 493 g/mol. The summed E-state index contributed by atoms with van der Waals surface area (Å²) in [5.74, 6) is -2.31. The van der Waals surface area contributed by atoms with Gasteiger partial charge in [0.15, 0.2) is 0 Å². The summed E-state index contributed by atoms with van der Waals surface area (Å²) < 4.78 is 6.77. The highest BCUT2D eigenvalue weighted by molar-refractivity contribution is 6.06. The molecule has 1 aromatic rings. The molecule has 0 aromatic heterocycles. The van der Waals surface area contributed by atoms with Crippen LogP contribution in [0.4, 0.5) is 5.69 Å². The SMILES string of the molecule is CCCN1CC=C[C@@]2(C)O[C@]34C=CCN(c5c(C)cccc5C)C(=O)C3N(CCO)C(=O)[C@@H]4[C@H]2C1=O. The van der Waals surface area contributed by atoms with E-state index in [0.717, 1.165) is 23.2 Å². The molecule has 0 saturated carbocycles. The molecule has 0 radical (unpaired) electrons. The van der Waals surface area contributed by atoms with E-state index in [1.165, 1.54) is 4.90 Å². The molecule has 36 heavy (non-hydrogen) atoms. The van der Waals surface area contributed by atoms with Crippen molar-refractivity contribution >= 4 is 23.4 Å². The Labute approximate surface area is 212 Å². The Morgan fingerprint density at radius 2 is 1.67 bits per heavy atom. The van der Waals surface area contributed by atoms with Crippen LogP contribution in [0.25, 0.3) is 0 Å². The lowest BCUT2D eigenvalue weighted by Gasteiger charge is -2.37. The van der Waals surface area contributed by atoms with Crippen molar-refractivity contribution in [2.75, 3.05) is 37.7 Å². The molecule has 3 amide bonds. The Hall–Kier alpha value is -2.97. The van der Waals surface area contributed by atoms with Crippen LogP contribution in [0.1, 0.15) is 31.4 Å². The van der Waals surface area contributed by atoms with Crippen LogP contribution < -0.4 is 4.90 Å². The second-order valence-corrected chi connectivity index (χ2v) is 10.5. The summed E-state index contributed by atoms with van der Waals surface area (Å²) in [6.07, 6.45) is 8.36. The molecule has 8 nitrogen and oxygen atoms in total. The number of β-amino-alcohol motifs (C(OH)–C–C–N with tert-alkyl or cyclic N) is 1. The van der Waals surface area contributed by atoms with E-state index < -0.39 is 29.1 Å². The van der Waals surface area contributed by atoms with Crippen molar-refractivity contribution in [3.8, 4) is 0 Å². The first kappa shape index (κ1) is 24.7. The Bertz CT molecular complexity index is 1140. The van der Waals surface area contributed by atoms with Gasteiger partial charge in [-0.25, -0.2) is 0 Å². The molecule has 1 aromatic carbocycles. The Morgan fingerprint density at radius 1 is 0.972 bits per heavy atom. The van der Waals surface area contributed by atoms with Gasteiger partial charge < -0.3 is 24.5 Å². The van der Waals surface area contributed by atoms with Crippen LogP contribution in [0, 0.1) is 25.7 Å². The minimum atomic E-state index is -1.30. The Balaban J connectivity index is 1.65. The zero-order chi connectivity index (χ0) is 25.8. The number of hydrogen-bond acceptors (Lipinski definition) is 5. The van der Waals surface area contributed by atoms with E-state index in [1.807, 2.05) is 70.2 Å². The number of carbonyl (C=O) groups excluding carboxylic acids is 3. The molecule has 5 rings (SSSR count). The molecule has 5 atom stereocenters. The summed E-state index contributed by atoms with van der Waals surface area (Å²) in [7, 11) is 0. The number of aliphatic hydroxyl groups is 1. The molecule has 0 aliphatic carbocycles. The van der Waals surface area contributed by atoms with Gasteiger partial charge in [0.25, 0.3) is 5.91 Å². The predicted molar refractivity (Wildman–Crippen MR) is 135 cm³/mol. The van der Waals surface area contributed by atoms with Gasteiger partial charge in [0.2, 0.25) is 11.8 Å². The van der Waals surface area contributed by atoms with Crippen molar-refractivity contribution in [2.45, 2.75) is 51.4 Å². The van der Waals surface area contributed by atoms with Crippen LogP contribution in [-0.4, -0.2) is 82.7 Å². The predicted octanol–water partition coefficient (Wildman–Crippen LogP) is 1.98. The summed E-state index contributed by atoms with van der Waals surface area (Å²) in [6, 6.07) is 4.90. The molecule has 4 heterocycles. The summed E-state index contributed by atoms with van der Waals surface area (Å²) in [4.78, 5) is 47.2. The number of hydrogen-bond donors (Lipinski definition) is 1. The van der Waals surface area contributed by atoms with Crippen LogP contribution in [0.2, 0.25) is 0 Å². The smallest absolute Gasteiger partial charge is 0.253 e. The van der Waals surface area contributed by atoms with Crippen molar-refractivity contribution in [1.29, 1.82) is 0 Å². The number of anilines is 1. The van der Waals surface area contributed by atoms with Crippen LogP contribution in [-0.2, 0) is 19.1 Å². The lowest BCUT2D eigenvalue weighted by molar-refractivity contribution is -0.148. The quantitative estimate of drug-likeness (QED) is 0.634. The van der Waals surface area contributed by atoms with Gasteiger partial charge >= 0.3 is 0 Å². The number of likely N-dealkylation sites (tertiary alicyclic amines) is 1. The van der Waals surface area contributed by atoms with E-state index in [0.29, 0.717) is 19.6 Å². The van der Waals surface area contributed by atoms with Crippen LogP contribution in [0.5, 0.6) is 0 Å². The number of aliphatic hydroxyl groups excluding tert-OH is 1. The Morgan fingerprint density at radius 3 is 2.33 bits per heavy atom. The molecule has 2 fully saturated rings. The molecular weight excluding hydrogens is 458 g/mol. The van der Waals surface area contributed by atoms with Gasteiger partial charge in [-0.3, -0.25) is 14.4 Å². The highest BCUT2D eigenvalue weighted by Crippen LogP contribution is 2.57. The van der Waals surface area contributed by atoms with Gasteiger partial charge in [-0.15, -0.1) is 0 Å². The lowest BCUT2D eigenvalue weighted by atomic mass is 9.74. The van der Waals surface area contributed by atoms with Gasteiger partial charge in [0.1, 0.15) is 11.6 Å². The number of benzene rings is 1. The fraction of sp³-hybridized carbons (Fsp3) is 0.536. The van der Waals surface area contributed by atoms with Gasteiger partial charge in [0, 0.05) is 31.9 Å². The molecule has 192 valence electrons. The number of fused-ring (bicyclic) bond motifs is 2. The summed E-state index contributed by atoms with van der Waals surface area (Å²) in [5, 5.41) is 9.85. The van der Waals surface area contributed by atoms with E-state index in [4.69, 9.17) is 4.74 Å². The largest absolute Gasteiger partial charge is 0.395 e. The maximum Gasteiger partial charge on any atom is 0.253 e. The fourth-order valence-corrected chi connectivity index (χ4v) is 6.82. The van der Waals surface area contributed by atoms with Gasteiger partial charge in [0.05, 0.1) is 24.0 Å². The highest BCUT2D eigenvalue weighted by Gasteiger charge is 2.74. The van der Waals surface area contributed by atoms with E-state index in [2.05, 4.69) is 0 Å². The number of nitrogens with zero attached hydrogens (tertiary/aromatic N) is 3. The first-order valence-electron chi connectivity index (χ1n) is 12.8. The molecule has 2 saturated heterocycles. The molecule has 4 aliphatic heterocycles. The van der Waals surface area contributed by atoms with Crippen LogP contribution in [0.15, 0.2) is 42.5 Å². The number of carbonyl (C=O) groups is 3. The third-order valence-electron chi connectivity index (χ3n) is 8.18. The van der Waals surface area contributed by atoms with Gasteiger partial charge in [-0.1, -0.05) is 49.4 Å². The van der Waals surface area contributed by atoms with Crippen molar-refractivity contribution < 1.29 is 24.2 Å². The molecular formula is C28H35N3O5. The maximum absolute atomic E-state index is 14.3. The number of rotatable bonds is 5. The van der Waals surface area contributed by atoms with Crippen molar-refractivity contribution in [3.05, 3.63) is 53.6 Å². The van der Waals surface area contributed by atoms with Crippen LogP contribution in [0.3, 0.4) is 0 Å². The van der Waals surface area contributed by atoms with E-state index in [-0.39, 0.29) is 30.9 Å². The maximum atomic E-state index is 14.3. The lowest BCUT2D eigenvalue weighted by Crippen LogP contribution is -2.56. The van der Waals surface area contributed by atoms with Crippen molar-refractivity contribution in [2.24, 2.45) is 11.8 Å². The van der Waals surface area contributed by atoms with Gasteiger partial charge in [-0.05, 0) is 38.3 Å². The van der Waals surface area contributed by atoms with E-state index >= 15 is 0 Å². The standard InChI is InChI=1S/C28H35N3O5/c1-5-13-29-14-7-11-27(4)20(24(29)33)21-25(34)31(16-17-32)23-26(35)30(15-8-12-28(21,23)36-27)22-18(2)9-6-10-19(22)3/h6-12,20-21,23,32H,5,13-17H2,1-4H3/t20-,21-,23?,27+,28-/m0/s1. The van der Waals surface area contributed by atoms with Crippen molar-refractivity contribution in [3.63, 3.8) is 0 Å². The average Bonchev–Trinajstić information content (AvgIpc) is 3.09. The second-order valence-electron chi connectivity index (χ2n) is 10.5. The normalized spacial score (nSPS) is 33.5. The minimum absolute atomic E-state index is 0.00256. The first-order valence-corrected chi connectivity index (χ1v) is 12.8. The second kappa shape index (κ2) is 8.85. The summed E-state index contributed by atoms with van der Waals surface area (Å²) in [5.41, 5.74) is 0.401. The zero-order valence-corrected chi connectivity index (χ0v) is 21.4. The van der Waals surface area contributed by atoms with E-state index in [9.17, 15) is 19.5 Å². The van der Waals surface area contributed by atoms with Gasteiger partial charge in [-0.2, -0.15) is 0 Å². The third-order valence-corrected chi connectivity index (χ3v) is 8.18. The zero-order valence-electron chi connectivity index (χ0n) is 21.4. The fourth-order valence-electron chi connectivity index (χ4n) is 6.82. The summed E-state index contributed by atoms with van der Waals surface area (Å²) in [6.45, 7) is 8.88. The number of amides is 3. The minimum Gasteiger partial charge on any atom is -0.395 e. The first-order chi connectivity index (χ1) is 17.2. The average molecular weight is 494 g/mol. The molecule has 8 heteroatoms. The summed E-state index contributed by atoms with van der Waals surface area (Å²) >= 11 is 0.